The molecule has 3 nitrogen and oxygen atoms in total. The van der Waals surface area contributed by atoms with E-state index in [1.54, 1.807) is 6.08 Å². The molecule has 1 saturated carbocycles. The van der Waals surface area contributed by atoms with Crippen molar-refractivity contribution in [2.45, 2.75) is 58.0 Å². The molecule has 0 aliphatic heterocycles. The second kappa shape index (κ2) is 6.75. The van der Waals surface area contributed by atoms with E-state index in [2.05, 4.69) is 11.8 Å². The molecular formula is C12H20O3. The molecule has 1 aliphatic rings. The molecule has 1 N–H and O–H groups in total. The molecule has 0 saturated heterocycles. The molecule has 0 aromatic rings. The van der Waals surface area contributed by atoms with Gasteiger partial charge in [-0.15, -0.1) is 0 Å². The average Bonchev–Trinajstić information content (AvgIpc) is 2.26. The zero-order chi connectivity index (χ0) is 11.1. The lowest BCUT2D eigenvalue weighted by molar-refractivity contribution is -0.267. The van der Waals surface area contributed by atoms with Crippen LogP contribution in [0.25, 0.3) is 0 Å². The zero-order valence-electron chi connectivity index (χ0n) is 9.37. The molecule has 0 radical (unpaired) electrons. The number of unbranched alkanes of at least 4 members (excludes halogenated alkanes) is 1. The van der Waals surface area contributed by atoms with Gasteiger partial charge in [0.05, 0.1) is 0 Å². The van der Waals surface area contributed by atoms with Gasteiger partial charge >= 0.3 is 0 Å². The quantitative estimate of drug-likeness (QED) is 0.432. The van der Waals surface area contributed by atoms with Crippen LogP contribution >= 0.6 is 0 Å². The molecule has 0 bridgehead atoms. The van der Waals surface area contributed by atoms with Gasteiger partial charge in [-0.3, -0.25) is 10.1 Å². The second-order valence-corrected chi connectivity index (χ2v) is 4.11. The molecule has 1 atom stereocenters. The standard InChI is InChI=1S/C12H20O3/c1-2-3-7-11(15-14)9-10-6-4-5-8-12(10)13/h9,11,14H,2-8H2,1H3/b10-9+. The summed E-state index contributed by atoms with van der Waals surface area (Å²) in [5.74, 6) is 0.222. The summed E-state index contributed by atoms with van der Waals surface area (Å²) in [4.78, 5) is 15.9. The highest BCUT2D eigenvalue weighted by atomic mass is 17.1. The molecule has 0 heterocycles. The fourth-order valence-electron chi connectivity index (χ4n) is 1.87. The van der Waals surface area contributed by atoms with Gasteiger partial charge in [-0.05, 0) is 37.3 Å². The smallest absolute Gasteiger partial charge is 0.158 e. The van der Waals surface area contributed by atoms with E-state index in [-0.39, 0.29) is 11.9 Å². The summed E-state index contributed by atoms with van der Waals surface area (Å²) < 4.78 is 0. The Kier molecular flexibility index (Phi) is 5.58. The Morgan fingerprint density at radius 2 is 2.20 bits per heavy atom. The average molecular weight is 212 g/mol. The van der Waals surface area contributed by atoms with E-state index in [0.29, 0.717) is 6.42 Å². The second-order valence-electron chi connectivity index (χ2n) is 4.11. The van der Waals surface area contributed by atoms with Gasteiger partial charge in [-0.25, -0.2) is 4.89 Å². The van der Waals surface area contributed by atoms with Crippen LogP contribution in [0.2, 0.25) is 0 Å². The maximum atomic E-state index is 11.5. The predicted octanol–water partition coefficient (Wildman–Crippen LogP) is 3.10. The molecule has 15 heavy (non-hydrogen) atoms. The Bertz CT molecular complexity index is 233. The molecule has 1 aliphatic carbocycles. The van der Waals surface area contributed by atoms with Crippen molar-refractivity contribution in [2.24, 2.45) is 0 Å². The third-order valence-corrected chi connectivity index (χ3v) is 2.82. The van der Waals surface area contributed by atoms with E-state index in [1.807, 2.05) is 0 Å². The van der Waals surface area contributed by atoms with Crippen LogP contribution in [0.15, 0.2) is 11.6 Å². The maximum absolute atomic E-state index is 11.5. The topological polar surface area (TPSA) is 46.5 Å². The minimum atomic E-state index is -0.304. The Hall–Kier alpha value is -0.670. The number of ketones is 1. The largest absolute Gasteiger partial charge is 0.295 e. The lowest BCUT2D eigenvalue weighted by atomic mass is 9.92. The summed E-state index contributed by atoms with van der Waals surface area (Å²) >= 11 is 0. The van der Waals surface area contributed by atoms with E-state index in [0.717, 1.165) is 44.1 Å². The molecule has 0 spiro atoms. The van der Waals surface area contributed by atoms with Crippen molar-refractivity contribution < 1.29 is 14.9 Å². The molecule has 0 aromatic heterocycles. The summed E-state index contributed by atoms with van der Waals surface area (Å²) in [6.45, 7) is 2.09. The minimum absolute atomic E-state index is 0.222. The minimum Gasteiger partial charge on any atom is -0.295 e. The summed E-state index contributed by atoms with van der Waals surface area (Å²) in [7, 11) is 0. The van der Waals surface area contributed by atoms with Gasteiger partial charge in [0, 0.05) is 6.42 Å². The number of hydrogen-bond acceptors (Lipinski definition) is 3. The van der Waals surface area contributed by atoms with Crippen molar-refractivity contribution in [3.63, 3.8) is 0 Å². The molecule has 0 amide bonds. The fraction of sp³-hybridized carbons (Fsp3) is 0.750. The Morgan fingerprint density at radius 3 is 2.80 bits per heavy atom. The van der Waals surface area contributed by atoms with Gasteiger partial charge in [-0.2, -0.15) is 0 Å². The number of allylic oxidation sites excluding steroid dienone is 1. The predicted molar refractivity (Wildman–Crippen MR) is 58.6 cm³/mol. The number of carbonyl (C=O) groups excluding carboxylic acids is 1. The van der Waals surface area contributed by atoms with Crippen molar-refractivity contribution in [1.82, 2.24) is 0 Å². The number of carbonyl (C=O) groups is 1. The molecular weight excluding hydrogens is 192 g/mol. The van der Waals surface area contributed by atoms with E-state index >= 15 is 0 Å². The Morgan fingerprint density at radius 1 is 1.47 bits per heavy atom. The van der Waals surface area contributed by atoms with Crippen LogP contribution in [0.5, 0.6) is 0 Å². The summed E-state index contributed by atoms with van der Waals surface area (Å²) in [6, 6.07) is 0. The van der Waals surface area contributed by atoms with Gasteiger partial charge in [0.2, 0.25) is 0 Å². The SMILES string of the molecule is CCCCC(/C=C1\CCCCC1=O)OO. The first-order valence-electron chi connectivity index (χ1n) is 5.82. The van der Waals surface area contributed by atoms with Crippen LogP contribution < -0.4 is 0 Å². The zero-order valence-corrected chi connectivity index (χ0v) is 9.37. The first-order chi connectivity index (χ1) is 7.27. The van der Waals surface area contributed by atoms with Crippen LogP contribution in [0.1, 0.15) is 51.9 Å². The van der Waals surface area contributed by atoms with Crippen molar-refractivity contribution in [3.8, 4) is 0 Å². The van der Waals surface area contributed by atoms with Crippen LogP contribution in [0.4, 0.5) is 0 Å². The molecule has 0 aromatic carbocycles. The van der Waals surface area contributed by atoms with Gasteiger partial charge in [-0.1, -0.05) is 19.8 Å². The van der Waals surface area contributed by atoms with Crippen molar-refractivity contribution in [2.75, 3.05) is 0 Å². The maximum Gasteiger partial charge on any atom is 0.158 e. The third kappa shape index (κ3) is 4.14. The number of Topliss-reactive ketones (excluding diaryl/α,β-unsaturated/α-hetero) is 1. The van der Waals surface area contributed by atoms with Gasteiger partial charge < -0.3 is 0 Å². The Balaban J connectivity index is 2.52. The highest BCUT2D eigenvalue weighted by Gasteiger charge is 2.17. The van der Waals surface area contributed by atoms with Crippen molar-refractivity contribution >= 4 is 5.78 Å². The molecule has 3 heteroatoms. The van der Waals surface area contributed by atoms with Crippen molar-refractivity contribution in [1.29, 1.82) is 0 Å². The monoisotopic (exact) mass is 212 g/mol. The molecule has 1 unspecified atom stereocenters. The van der Waals surface area contributed by atoms with Gasteiger partial charge in [0.15, 0.2) is 5.78 Å². The molecule has 1 rings (SSSR count). The van der Waals surface area contributed by atoms with Crippen LogP contribution in [0.3, 0.4) is 0 Å². The van der Waals surface area contributed by atoms with Crippen LogP contribution in [-0.2, 0) is 9.68 Å². The number of rotatable bonds is 5. The van der Waals surface area contributed by atoms with Gasteiger partial charge in [0.1, 0.15) is 6.10 Å². The number of hydrogen-bond donors (Lipinski definition) is 1. The highest BCUT2D eigenvalue weighted by Crippen LogP contribution is 2.21. The first kappa shape index (κ1) is 12.4. The first-order valence-corrected chi connectivity index (χ1v) is 5.82. The van der Waals surface area contributed by atoms with Crippen LogP contribution in [0, 0.1) is 0 Å². The van der Waals surface area contributed by atoms with E-state index in [9.17, 15) is 4.79 Å². The Labute approximate surface area is 91.1 Å². The fourth-order valence-corrected chi connectivity index (χ4v) is 1.87. The third-order valence-electron chi connectivity index (χ3n) is 2.82. The highest BCUT2D eigenvalue weighted by molar-refractivity contribution is 5.95. The lowest BCUT2D eigenvalue weighted by Gasteiger charge is -2.15. The lowest BCUT2D eigenvalue weighted by Crippen LogP contribution is -2.14. The van der Waals surface area contributed by atoms with Crippen LogP contribution in [-0.4, -0.2) is 17.1 Å². The molecule has 1 fully saturated rings. The van der Waals surface area contributed by atoms with E-state index in [1.165, 1.54) is 0 Å². The summed E-state index contributed by atoms with van der Waals surface area (Å²) in [5, 5.41) is 8.71. The summed E-state index contributed by atoms with van der Waals surface area (Å²) in [6.07, 6.45) is 7.91. The molecule has 86 valence electrons. The normalized spacial score (nSPS) is 22.0. The van der Waals surface area contributed by atoms with Gasteiger partial charge in [0.25, 0.3) is 0 Å². The van der Waals surface area contributed by atoms with Crippen molar-refractivity contribution in [3.05, 3.63) is 11.6 Å². The summed E-state index contributed by atoms with van der Waals surface area (Å²) in [5.41, 5.74) is 0.844. The van der Waals surface area contributed by atoms with E-state index in [4.69, 9.17) is 5.26 Å². The van der Waals surface area contributed by atoms with E-state index < -0.39 is 0 Å².